The highest BCUT2D eigenvalue weighted by Gasteiger charge is 2.30. The van der Waals surface area contributed by atoms with E-state index in [1.165, 1.54) is 0 Å². The molecule has 134 valence electrons. The Labute approximate surface area is 151 Å². The van der Waals surface area contributed by atoms with Crippen molar-refractivity contribution in [2.45, 2.75) is 33.1 Å². The second kappa shape index (κ2) is 6.78. The lowest BCUT2D eigenvalue weighted by atomic mass is 9.86. The number of carbonyl (C=O) groups is 1. The summed E-state index contributed by atoms with van der Waals surface area (Å²) in [5, 5.41) is 3.59. The molecule has 1 aliphatic carbocycles. The molecule has 6 heteroatoms. The summed E-state index contributed by atoms with van der Waals surface area (Å²) in [5.74, 6) is 1.09. The van der Waals surface area contributed by atoms with Gasteiger partial charge >= 0.3 is 5.97 Å². The maximum atomic E-state index is 12.4. The van der Waals surface area contributed by atoms with Crippen LogP contribution in [-0.2, 0) is 9.63 Å². The third-order valence-electron chi connectivity index (χ3n) is 4.85. The van der Waals surface area contributed by atoms with Gasteiger partial charge in [-0.25, -0.2) is 14.8 Å². The molecular weight excluding hydrogens is 330 g/mol. The quantitative estimate of drug-likeness (QED) is 0.639. The first kappa shape index (κ1) is 16.6. The van der Waals surface area contributed by atoms with Crippen LogP contribution in [0.25, 0.3) is 22.1 Å². The molecule has 0 unspecified atom stereocenters. The molecule has 0 amide bonds. The zero-order valence-electron chi connectivity index (χ0n) is 14.9. The fourth-order valence-corrected chi connectivity index (χ4v) is 3.20. The SMILES string of the molecule is CCN(OC(=O)C1CCC1)c1c(-c2cnc(C)o2)ccc2cnccc12. The Morgan fingerprint density at radius 3 is 2.81 bits per heavy atom. The van der Waals surface area contributed by atoms with E-state index in [9.17, 15) is 4.79 Å². The van der Waals surface area contributed by atoms with Crippen molar-refractivity contribution in [1.82, 2.24) is 9.97 Å². The second-order valence-corrected chi connectivity index (χ2v) is 6.53. The number of anilines is 1. The Hall–Kier alpha value is -2.89. The summed E-state index contributed by atoms with van der Waals surface area (Å²) >= 11 is 0. The van der Waals surface area contributed by atoms with Crippen molar-refractivity contribution in [2.24, 2.45) is 5.92 Å². The number of aryl methyl sites for hydroxylation is 1. The first-order valence-corrected chi connectivity index (χ1v) is 8.96. The van der Waals surface area contributed by atoms with E-state index in [0.717, 1.165) is 41.3 Å². The Kier molecular flexibility index (Phi) is 4.32. The molecule has 1 aromatic carbocycles. The second-order valence-electron chi connectivity index (χ2n) is 6.53. The molecule has 26 heavy (non-hydrogen) atoms. The van der Waals surface area contributed by atoms with Crippen molar-refractivity contribution in [3.05, 3.63) is 42.7 Å². The molecular formula is C20H21N3O3. The number of hydrogen-bond donors (Lipinski definition) is 0. The molecule has 0 aliphatic heterocycles. The van der Waals surface area contributed by atoms with Gasteiger partial charge < -0.3 is 9.25 Å². The first-order chi connectivity index (χ1) is 12.7. The zero-order valence-corrected chi connectivity index (χ0v) is 14.9. The molecule has 0 bridgehead atoms. The Morgan fingerprint density at radius 2 is 2.15 bits per heavy atom. The van der Waals surface area contributed by atoms with Crippen LogP contribution in [0.5, 0.6) is 0 Å². The smallest absolute Gasteiger partial charge is 0.335 e. The van der Waals surface area contributed by atoms with Crippen molar-refractivity contribution in [1.29, 1.82) is 0 Å². The molecule has 3 aromatic rings. The molecule has 6 nitrogen and oxygen atoms in total. The summed E-state index contributed by atoms with van der Waals surface area (Å²) in [6, 6.07) is 5.87. The van der Waals surface area contributed by atoms with E-state index in [-0.39, 0.29) is 11.9 Å². The van der Waals surface area contributed by atoms with Gasteiger partial charge in [-0.3, -0.25) is 4.98 Å². The van der Waals surface area contributed by atoms with Gasteiger partial charge in [0, 0.05) is 35.7 Å². The van der Waals surface area contributed by atoms with Crippen molar-refractivity contribution in [3.8, 4) is 11.3 Å². The molecule has 0 atom stereocenters. The third-order valence-corrected chi connectivity index (χ3v) is 4.85. The van der Waals surface area contributed by atoms with Gasteiger partial charge in [0.2, 0.25) is 0 Å². The van der Waals surface area contributed by atoms with E-state index in [4.69, 9.17) is 9.25 Å². The summed E-state index contributed by atoms with van der Waals surface area (Å²) in [7, 11) is 0. The van der Waals surface area contributed by atoms with Gasteiger partial charge in [-0.05, 0) is 31.9 Å². The summed E-state index contributed by atoms with van der Waals surface area (Å²) < 4.78 is 5.74. The lowest BCUT2D eigenvalue weighted by Crippen LogP contribution is -2.33. The zero-order chi connectivity index (χ0) is 18.1. The highest BCUT2D eigenvalue weighted by molar-refractivity contribution is 6.01. The van der Waals surface area contributed by atoms with Gasteiger partial charge in [-0.2, -0.15) is 0 Å². The number of hydroxylamine groups is 1. The van der Waals surface area contributed by atoms with Crippen LogP contribution in [0.3, 0.4) is 0 Å². The number of benzene rings is 1. The maximum Gasteiger partial charge on any atom is 0.335 e. The van der Waals surface area contributed by atoms with Gasteiger partial charge in [0.05, 0.1) is 24.3 Å². The molecule has 1 fully saturated rings. The highest BCUT2D eigenvalue weighted by Crippen LogP contribution is 2.38. The lowest BCUT2D eigenvalue weighted by Gasteiger charge is -2.29. The van der Waals surface area contributed by atoms with Gasteiger partial charge in [-0.1, -0.05) is 12.5 Å². The molecule has 2 aromatic heterocycles. The molecule has 1 saturated carbocycles. The summed E-state index contributed by atoms with van der Waals surface area (Å²) in [6.07, 6.45) is 8.14. The van der Waals surface area contributed by atoms with Crippen LogP contribution in [0.4, 0.5) is 5.69 Å². The predicted octanol–water partition coefficient (Wildman–Crippen LogP) is 4.28. The number of rotatable bonds is 5. The minimum Gasteiger partial charge on any atom is -0.441 e. The topological polar surface area (TPSA) is 68.5 Å². The third kappa shape index (κ3) is 2.92. The van der Waals surface area contributed by atoms with Crippen LogP contribution in [0, 0.1) is 12.8 Å². The van der Waals surface area contributed by atoms with Crippen LogP contribution in [0.15, 0.2) is 41.2 Å². The van der Waals surface area contributed by atoms with Crippen molar-refractivity contribution in [2.75, 3.05) is 11.6 Å². The monoisotopic (exact) mass is 351 g/mol. The summed E-state index contributed by atoms with van der Waals surface area (Å²) in [4.78, 5) is 26.6. The number of nitrogens with zero attached hydrogens (tertiary/aromatic N) is 3. The molecule has 0 N–H and O–H groups in total. The average molecular weight is 351 g/mol. The van der Waals surface area contributed by atoms with Crippen LogP contribution < -0.4 is 5.06 Å². The first-order valence-electron chi connectivity index (χ1n) is 8.96. The van der Waals surface area contributed by atoms with E-state index in [1.807, 2.05) is 32.0 Å². The number of aromatic nitrogens is 2. The van der Waals surface area contributed by atoms with Gasteiger partial charge in [0.25, 0.3) is 0 Å². The number of pyridine rings is 1. The number of fused-ring (bicyclic) bond motifs is 1. The molecule has 4 rings (SSSR count). The van der Waals surface area contributed by atoms with E-state index in [2.05, 4.69) is 9.97 Å². The minimum atomic E-state index is -0.163. The van der Waals surface area contributed by atoms with Crippen LogP contribution in [-0.4, -0.2) is 22.5 Å². The standard InChI is InChI=1S/C20H21N3O3/c1-3-23(26-20(24)14-5-4-6-14)19-16-9-10-21-11-15(16)7-8-17(19)18-12-22-13(2)25-18/h7-12,14H,3-6H2,1-2H3. The molecule has 1 aliphatic rings. The van der Waals surface area contributed by atoms with Crippen LogP contribution in [0.2, 0.25) is 0 Å². The molecule has 0 saturated heterocycles. The Morgan fingerprint density at radius 1 is 1.31 bits per heavy atom. The van der Waals surface area contributed by atoms with Crippen molar-refractivity contribution < 1.29 is 14.0 Å². The van der Waals surface area contributed by atoms with Crippen molar-refractivity contribution in [3.63, 3.8) is 0 Å². The Bertz CT molecular complexity index is 946. The molecule has 2 heterocycles. The van der Waals surface area contributed by atoms with Crippen LogP contribution in [0.1, 0.15) is 32.1 Å². The van der Waals surface area contributed by atoms with Gasteiger partial charge in [0.1, 0.15) is 0 Å². The maximum absolute atomic E-state index is 12.4. The summed E-state index contributed by atoms with van der Waals surface area (Å²) in [5.41, 5.74) is 1.64. The molecule has 0 spiro atoms. The van der Waals surface area contributed by atoms with Crippen molar-refractivity contribution >= 4 is 22.4 Å². The predicted molar refractivity (Wildman–Crippen MR) is 98.4 cm³/mol. The normalized spacial score (nSPS) is 14.2. The Balaban J connectivity index is 1.82. The van der Waals surface area contributed by atoms with Crippen LogP contribution >= 0.6 is 0 Å². The average Bonchev–Trinajstić information content (AvgIpc) is 3.03. The summed E-state index contributed by atoms with van der Waals surface area (Å²) in [6.45, 7) is 4.30. The number of oxazole rings is 1. The molecule has 0 radical (unpaired) electrons. The number of hydrogen-bond acceptors (Lipinski definition) is 6. The minimum absolute atomic E-state index is 0.0108. The van der Waals surface area contributed by atoms with Gasteiger partial charge in [0.15, 0.2) is 11.7 Å². The van der Waals surface area contributed by atoms with E-state index >= 15 is 0 Å². The van der Waals surface area contributed by atoms with E-state index in [0.29, 0.717) is 18.2 Å². The lowest BCUT2D eigenvalue weighted by molar-refractivity contribution is -0.152. The fourth-order valence-electron chi connectivity index (χ4n) is 3.20. The van der Waals surface area contributed by atoms with E-state index < -0.39 is 0 Å². The highest BCUT2D eigenvalue weighted by atomic mass is 16.7. The fraction of sp³-hybridized carbons (Fsp3) is 0.350. The largest absolute Gasteiger partial charge is 0.441 e. The van der Waals surface area contributed by atoms with E-state index in [1.54, 1.807) is 23.7 Å². The number of carbonyl (C=O) groups excluding carboxylic acids is 1. The van der Waals surface area contributed by atoms with Gasteiger partial charge in [-0.15, -0.1) is 0 Å².